The number of benzene rings is 2. The number of nitro benzene ring substituents is 1. The van der Waals surface area contributed by atoms with Crippen molar-refractivity contribution in [2.45, 2.75) is 36.1 Å². The van der Waals surface area contributed by atoms with E-state index in [1.807, 2.05) is 31.2 Å². The third kappa shape index (κ3) is 5.45. The first-order valence-corrected chi connectivity index (χ1v) is 10.1. The summed E-state index contributed by atoms with van der Waals surface area (Å²) in [4.78, 5) is 35.4. The van der Waals surface area contributed by atoms with Crippen LogP contribution in [0.15, 0.2) is 64.6 Å². The average Bonchev–Trinajstić information content (AvgIpc) is 3.20. The number of carbonyl (C=O) groups is 1. The fourth-order valence-electron chi connectivity index (χ4n) is 2.87. The molecule has 0 aliphatic rings. The molecule has 3 aromatic rings. The number of carbonyl (C=O) groups excluding carboxylic acids is 1. The molecule has 0 radical (unpaired) electrons. The van der Waals surface area contributed by atoms with Gasteiger partial charge >= 0.3 is 5.69 Å². The number of amides is 1. The Labute approximate surface area is 181 Å². The number of anilines is 1. The number of aromatic nitrogens is 2. The summed E-state index contributed by atoms with van der Waals surface area (Å²) in [6.45, 7) is 3.71. The number of nitro groups is 2. The van der Waals surface area contributed by atoms with Gasteiger partial charge in [-0.05, 0) is 31.5 Å². The molecule has 160 valence electrons. The van der Waals surface area contributed by atoms with E-state index in [9.17, 15) is 25.0 Å². The minimum atomic E-state index is -0.804. The highest BCUT2D eigenvalue weighted by molar-refractivity contribution is 7.99. The molecule has 0 aliphatic carbocycles. The van der Waals surface area contributed by atoms with E-state index in [1.54, 1.807) is 13.0 Å². The van der Waals surface area contributed by atoms with Crippen molar-refractivity contribution in [2.24, 2.45) is 0 Å². The molecule has 0 fully saturated rings. The number of hydrogen-bond donors (Lipinski definition) is 1. The van der Waals surface area contributed by atoms with E-state index >= 15 is 0 Å². The van der Waals surface area contributed by atoms with Crippen LogP contribution in [-0.4, -0.2) is 25.5 Å². The van der Waals surface area contributed by atoms with E-state index in [2.05, 4.69) is 10.4 Å². The van der Waals surface area contributed by atoms with Crippen molar-refractivity contribution < 1.29 is 14.6 Å². The zero-order valence-corrected chi connectivity index (χ0v) is 17.5. The van der Waals surface area contributed by atoms with Crippen LogP contribution in [0.3, 0.4) is 0 Å². The monoisotopic (exact) mass is 441 g/mol. The Kier molecular flexibility index (Phi) is 6.65. The van der Waals surface area contributed by atoms with Crippen molar-refractivity contribution in [3.05, 3.63) is 80.7 Å². The van der Waals surface area contributed by atoms with Gasteiger partial charge in [0.05, 0.1) is 9.85 Å². The maximum absolute atomic E-state index is 12.8. The highest BCUT2D eigenvalue weighted by Crippen LogP contribution is 2.33. The lowest BCUT2D eigenvalue weighted by molar-refractivity contribution is -0.385. The molecular weight excluding hydrogens is 422 g/mol. The molecule has 1 heterocycles. The smallest absolute Gasteiger partial charge is 0.307 e. The predicted molar refractivity (Wildman–Crippen MR) is 115 cm³/mol. The standard InChI is InChI=1S/C20H19N5O5S/c1-3-19(23-12-16(11-21-23)25(29)30)20(26)22-14-8-15(24(27)28)10-18(9-14)31-17-6-4-13(2)5-7-17/h4-12,19H,3H2,1-2H3,(H,22,26)/t19-/m1/s1. The third-order valence-electron chi connectivity index (χ3n) is 4.43. The van der Waals surface area contributed by atoms with Gasteiger partial charge in [0.25, 0.3) is 5.69 Å². The molecule has 1 aromatic heterocycles. The summed E-state index contributed by atoms with van der Waals surface area (Å²) < 4.78 is 1.22. The number of nitrogens with one attached hydrogen (secondary N) is 1. The van der Waals surface area contributed by atoms with Gasteiger partial charge in [-0.15, -0.1) is 0 Å². The molecule has 0 unspecified atom stereocenters. The average molecular weight is 441 g/mol. The van der Waals surface area contributed by atoms with Crippen molar-refractivity contribution in [1.29, 1.82) is 0 Å². The summed E-state index contributed by atoms with van der Waals surface area (Å²) in [5.41, 5.74) is 0.975. The lowest BCUT2D eigenvalue weighted by Gasteiger charge is -2.15. The number of rotatable bonds is 8. The second-order valence-corrected chi connectivity index (χ2v) is 7.88. The summed E-state index contributed by atoms with van der Waals surface area (Å²) >= 11 is 1.34. The van der Waals surface area contributed by atoms with E-state index in [0.29, 0.717) is 11.3 Å². The van der Waals surface area contributed by atoms with E-state index in [-0.39, 0.29) is 17.1 Å². The summed E-state index contributed by atoms with van der Waals surface area (Å²) in [5, 5.41) is 28.8. The Balaban J connectivity index is 1.85. The highest BCUT2D eigenvalue weighted by Gasteiger charge is 2.23. The first-order chi connectivity index (χ1) is 14.8. The first kappa shape index (κ1) is 22.0. The first-order valence-electron chi connectivity index (χ1n) is 9.30. The second-order valence-electron chi connectivity index (χ2n) is 6.74. The topological polar surface area (TPSA) is 133 Å². The zero-order valence-electron chi connectivity index (χ0n) is 16.7. The third-order valence-corrected chi connectivity index (χ3v) is 5.41. The van der Waals surface area contributed by atoms with Gasteiger partial charge in [-0.2, -0.15) is 5.10 Å². The molecule has 0 spiro atoms. The van der Waals surface area contributed by atoms with Crippen molar-refractivity contribution in [3.63, 3.8) is 0 Å². The lowest BCUT2D eigenvalue weighted by atomic mass is 10.2. The predicted octanol–water partition coefficient (Wildman–Crippen LogP) is 4.75. The molecule has 0 bridgehead atoms. The van der Waals surface area contributed by atoms with Crippen LogP contribution in [0.25, 0.3) is 0 Å². The van der Waals surface area contributed by atoms with Crippen LogP contribution in [0.1, 0.15) is 24.9 Å². The molecule has 1 amide bonds. The van der Waals surface area contributed by atoms with Gasteiger partial charge in [0, 0.05) is 27.6 Å². The number of hydrogen-bond acceptors (Lipinski definition) is 7. The lowest BCUT2D eigenvalue weighted by Crippen LogP contribution is -2.26. The summed E-state index contributed by atoms with van der Waals surface area (Å²) in [7, 11) is 0. The second kappa shape index (κ2) is 9.39. The van der Waals surface area contributed by atoms with Crippen LogP contribution in [0.5, 0.6) is 0 Å². The van der Waals surface area contributed by atoms with Crippen molar-refractivity contribution in [2.75, 3.05) is 5.32 Å². The Morgan fingerprint density at radius 2 is 1.77 bits per heavy atom. The van der Waals surface area contributed by atoms with Crippen LogP contribution in [-0.2, 0) is 4.79 Å². The van der Waals surface area contributed by atoms with Gasteiger partial charge in [0.2, 0.25) is 5.91 Å². The molecule has 31 heavy (non-hydrogen) atoms. The summed E-state index contributed by atoms with van der Waals surface area (Å²) in [6.07, 6.45) is 2.57. The molecule has 10 nitrogen and oxygen atoms in total. The molecule has 0 saturated heterocycles. The van der Waals surface area contributed by atoms with Crippen LogP contribution >= 0.6 is 11.8 Å². The van der Waals surface area contributed by atoms with Gasteiger partial charge in [0.1, 0.15) is 18.4 Å². The highest BCUT2D eigenvalue weighted by atomic mass is 32.2. The Hall–Kier alpha value is -3.73. The SMILES string of the molecule is CC[C@H](C(=O)Nc1cc(Sc2ccc(C)cc2)cc([N+](=O)[O-])c1)n1cc([N+](=O)[O-])cn1. The zero-order chi connectivity index (χ0) is 22.5. The number of non-ortho nitro benzene ring substituents is 1. The number of aryl methyl sites for hydroxylation is 1. The van der Waals surface area contributed by atoms with E-state index in [1.165, 1.54) is 34.8 Å². The normalized spacial score (nSPS) is 11.7. The van der Waals surface area contributed by atoms with Gasteiger partial charge < -0.3 is 5.32 Å². The van der Waals surface area contributed by atoms with Gasteiger partial charge in [-0.25, -0.2) is 0 Å². The molecule has 11 heteroatoms. The molecule has 0 aliphatic heterocycles. The molecule has 3 rings (SSSR count). The Morgan fingerprint density at radius 1 is 1.10 bits per heavy atom. The Morgan fingerprint density at radius 3 is 2.35 bits per heavy atom. The molecule has 1 atom stereocenters. The van der Waals surface area contributed by atoms with Crippen LogP contribution < -0.4 is 5.32 Å². The van der Waals surface area contributed by atoms with Crippen molar-refractivity contribution in [1.82, 2.24) is 9.78 Å². The van der Waals surface area contributed by atoms with E-state index < -0.39 is 21.8 Å². The van der Waals surface area contributed by atoms with Crippen molar-refractivity contribution >= 4 is 34.7 Å². The molecule has 1 N–H and O–H groups in total. The van der Waals surface area contributed by atoms with E-state index in [0.717, 1.165) is 16.7 Å². The number of nitrogens with zero attached hydrogens (tertiary/aromatic N) is 4. The minimum absolute atomic E-state index is 0.157. The van der Waals surface area contributed by atoms with Crippen LogP contribution in [0.2, 0.25) is 0 Å². The van der Waals surface area contributed by atoms with Crippen LogP contribution in [0.4, 0.5) is 17.1 Å². The van der Waals surface area contributed by atoms with Crippen molar-refractivity contribution in [3.8, 4) is 0 Å². The van der Waals surface area contributed by atoms with Gasteiger partial charge in [-0.3, -0.25) is 29.7 Å². The maximum Gasteiger partial charge on any atom is 0.307 e. The van der Waals surface area contributed by atoms with Crippen LogP contribution in [0, 0.1) is 27.2 Å². The summed E-state index contributed by atoms with van der Waals surface area (Å²) in [5.74, 6) is -0.479. The molecule has 2 aromatic carbocycles. The minimum Gasteiger partial charge on any atom is -0.324 e. The van der Waals surface area contributed by atoms with Gasteiger partial charge in [0.15, 0.2) is 0 Å². The summed E-state index contributed by atoms with van der Waals surface area (Å²) in [6, 6.07) is 11.3. The molecule has 0 saturated carbocycles. The molecular formula is C20H19N5O5S. The fraction of sp³-hybridized carbons (Fsp3) is 0.200. The largest absolute Gasteiger partial charge is 0.324 e. The van der Waals surface area contributed by atoms with E-state index in [4.69, 9.17) is 0 Å². The fourth-order valence-corrected chi connectivity index (χ4v) is 3.78. The maximum atomic E-state index is 12.8. The Bertz CT molecular complexity index is 1130. The quantitative estimate of drug-likeness (QED) is 0.394. The van der Waals surface area contributed by atoms with Gasteiger partial charge in [-0.1, -0.05) is 36.4 Å².